The molecule has 33 heavy (non-hydrogen) atoms. The van der Waals surface area contributed by atoms with Gasteiger partial charge in [0.05, 0.1) is 12.2 Å². The molecule has 3 aromatic rings. The maximum absolute atomic E-state index is 13.1. The predicted octanol–water partition coefficient (Wildman–Crippen LogP) is 2.52. The zero-order valence-corrected chi connectivity index (χ0v) is 17.9. The van der Waals surface area contributed by atoms with Gasteiger partial charge in [0.2, 0.25) is 12.7 Å². The minimum atomic E-state index is -0.265. The lowest BCUT2D eigenvalue weighted by molar-refractivity contribution is -0.131. The number of aryl methyl sites for hydroxylation is 1. The molecule has 8 nitrogen and oxygen atoms in total. The van der Waals surface area contributed by atoms with E-state index >= 15 is 0 Å². The van der Waals surface area contributed by atoms with E-state index in [1.807, 2.05) is 18.2 Å². The number of hydrogen-bond donors (Lipinski definition) is 0. The van der Waals surface area contributed by atoms with E-state index in [1.165, 1.54) is 22.9 Å². The van der Waals surface area contributed by atoms with Crippen molar-refractivity contribution in [1.29, 1.82) is 0 Å². The summed E-state index contributed by atoms with van der Waals surface area (Å²) < 4.78 is 25.2. The van der Waals surface area contributed by atoms with Gasteiger partial charge < -0.3 is 19.3 Å². The first-order valence-corrected chi connectivity index (χ1v) is 10.8. The molecule has 0 radical (unpaired) electrons. The number of fused-ring (bicyclic) bond motifs is 1. The Bertz CT molecular complexity index is 1220. The fourth-order valence-corrected chi connectivity index (χ4v) is 4.04. The highest BCUT2D eigenvalue weighted by molar-refractivity contribution is 5.76. The lowest BCUT2D eigenvalue weighted by atomic mass is 10.1. The van der Waals surface area contributed by atoms with Crippen molar-refractivity contribution >= 4 is 11.6 Å². The van der Waals surface area contributed by atoms with Gasteiger partial charge >= 0.3 is 0 Å². The van der Waals surface area contributed by atoms with Gasteiger partial charge in [-0.2, -0.15) is 5.10 Å². The number of halogens is 1. The fraction of sp³-hybridized carbons (Fsp3) is 0.292. The summed E-state index contributed by atoms with van der Waals surface area (Å²) in [6, 6.07) is 15.0. The molecule has 0 atom stereocenters. The second-order valence-electron chi connectivity index (χ2n) is 7.94. The molecular weight excluding hydrogens is 427 g/mol. The number of piperazine rings is 1. The average Bonchev–Trinajstić information content (AvgIpc) is 3.32. The van der Waals surface area contributed by atoms with Crippen LogP contribution in [0.1, 0.15) is 6.42 Å². The number of amides is 1. The molecule has 1 saturated heterocycles. The highest BCUT2D eigenvalue weighted by atomic mass is 19.1. The third-order valence-corrected chi connectivity index (χ3v) is 5.90. The quantitative estimate of drug-likeness (QED) is 0.595. The van der Waals surface area contributed by atoms with Crippen LogP contribution in [0.2, 0.25) is 0 Å². The molecule has 3 heterocycles. The van der Waals surface area contributed by atoms with Gasteiger partial charge in [0.1, 0.15) is 5.82 Å². The van der Waals surface area contributed by atoms with Crippen LogP contribution < -0.4 is 19.9 Å². The molecule has 0 unspecified atom stereocenters. The number of carbonyl (C=O) groups excluding carboxylic acids is 1. The van der Waals surface area contributed by atoms with E-state index in [4.69, 9.17) is 9.47 Å². The Morgan fingerprint density at radius 2 is 1.70 bits per heavy atom. The number of ether oxygens (including phenoxy) is 2. The minimum absolute atomic E-state index is 0.0176. The van der Waals surface area contributed by atoms with Crippen LogP contribution in [0.3, 0.4) is 0 Å². The summed E-state index contributed by atoms with van der Waals surface area (Å²) in [6.45, 7) is 2.90. The Hall–Kier alpha value is -3.88. The van der Waals surface area contributed by atoms with E-state index in [9.17, 15) is 14.0 Å². The first-order valence-electron chi connectivity index (χ1n) is 10.8. The monoisotopic (exact) mass is 450 g/mol. The molecule has 170 valence electrons. The molecule has 2 aliphatic rings. The molecule has 2 aromatic carbocycles. The zero-order chi connectivity index (χ0) is 22.8. The van der Waals surface area contributed by atoms with E-state index in [1.54, 1.807) is 23.1 Å². The van der Waals surface area contributed by atoms with Crippen molar-refractivity contribution < 1.29 is 18.7 Å². The van der Waals surface area contributed by atoms with Crippen LogP contribution in [0.25, 0.3) is 11.3 Å². The average molecular weight is 450 g/mol. The van der Waals surface area contributed by atoms with E-state index in [-0.39, 0.29) is 37.0 Å². The van der Waals surface area contributed by atoms with Crippen molar-refractivity contribution in [3.8, 4) is 22.8 Å². The molecule has 1 amide bonds. The largest absolute Gasteiger partial charge is 0.454 e. The van der Waals surface area contributed by atoms with Gasteiger partial charge in [-0.3, -0.25) is 9.59 Å². The number of hydrogen-bond acceptors (Lipinski definition) is 6. The van der Waals surface area contributed by atoms with Gasteiger partial charge in [-0.15, -0.1) is 0 Å². The summed E-state index contributed by atoms with van der Waals surface area (Å²) in [7, 11) is 0. The fourth-order valence-electron chi connectivity index (χ4n) is 4.04. The van der Waals surface area contributed by atoms with E-state index in [2.05, 4.69) is 10.00 Å². The molecular formula is C24H23FN4O4. The Kier molecular flexibility index (Phi) is 5.68. The normalized spacial score (nSPS) is 15.1. The second-order valence-corrected chi connectivity index (χ2v) is 7.94. The third kappa shape index (κ3) is 4.52. The van der Waals surface area contributed by atoms with Crippen LogP contribution in [-0.2, 0) is 11.3 Å². The van der Waals surface area contributed by atoms with Crippen LogP contribution in [-0.4, -0.2) is 53.6 Å². The lowest BCUT2D eigenvalue weighted by Crippen LogP contribution is -2.49. The number of benzene rings is 2. The maximum Gasteiger partial charge on any atom is 0.266 e. The summed E-state index contributed by atoms with van der Waals surface area (Å²) in [4.78, 5) is 29.0. The second kappa shape index (κ2) is 8.93. The third-order valence-electron chi connectivity index (χ3n) is 5.90. The van der Waals surface area contributed by atoms with Gasteiger partial charge in [-0.05, 0) is 48.5 Å². The molecule has 0 saturated carbocycles. The summed E-state index contributed by atoms with van der Waals surface area (Å²) in [6.07, 6.45) is 0.189. The Morgan fingerprint density at radius 1 is 0.939 bits per heavy atom. The van der Waals surface area contributed by atoms with E-state index in [0.29, 0.717) is 43.4 Å². The van der Waals surface area contributed by atoms with Crippen LogP contribution in [0.4, 0.5) is 10.1 Å². The first-order chi connectivity index (χ1) is 16.1. The summed E-state index contributed by atoms with van der Waals surface area (Å²) >= 11 is 0. The maximum atomic E-state index is 13.1. The van der Waals surface area contributed by atoms with Gasteiger partial charge in [-0.25, -0.2) is 9.07 Å². The first kappa shape index (κ1) is 21.0. The molecule has 2 aliphatic heterocycles. The molecule has 9 heteroatoms. The highest BCUT2D eigenvalue weighted by Crippen LogP contribution is 2.35. The van der Waals surface area contributed by atoms with Gasteiger partial charge in [0.25, 0.3) is 5.56 Å². The molecule has 1 fully saturated rings. The number of rotatable bonds is 5. The Labute approximate surface area is 189 Å². The minimum Gasteiger partial charge on any atom is -0.454 e. The van der Waals surface area contributed by atoms with Crippen molar-refractivity contribution in [3.05, 3.63) is 70.8 Å². The summed E-state index contributed by atoms with van der Waals surface area (Å²) in [5.74, 6) is 1.04. The molecule has 0 aliphatic carbocycles. The van der Waals surface area contributed by atoms with Gasteiger partial charge in [0, 0.05) is 49.9 Å². The molecule has 5 rings (SSSR count). The summed E-state index contributed by atoms with van der Waals surface area (Å²) in [5.41, 5.74) is 2.11. The molecule has 0 bridgehead atoms. The number of anilines is 1. The van der Waals surface area contributed by atoms with Crippen LogP contribution >= 0.6 is 0 Å². The van der Waals surface area contributed by atoms with Gasteiger partial charge in [0.15, 0.2) is 11.5 Å². The highest BCUT2D eigenvalue weighted by Gasteiger charge is 2.21. The van der Waals surface area contributed by atoms with E-state index in [0.717, 1.165) is 11.3 Å². The number of aromatic nitrogens is 2. The molecule has 0 N–H and O–H groups in total. The van der Waals surface area contributed by atoms with Crippen molar-refractivity contribution in [2.75, 3.05) is 37.9 Å². The van der Waals surface area contributed by atoms with Crippen molar-refractivity contribution in [2.24, 2.45) is 0 Å². The molecule has 1 aromatic heterocycles. The standard InChI is InChI=1S/C24H23FN4O4/c25-18-2-4-19(5-3-18)27-11-13-28(14-12-27)23(30)9-10-29-24(31)8-6-20(26-29)17-1-7-21-22(15-17)33-16-32-21/h1-8,15H,9-14,16H2. The lowest BCUT2D eigenvalue weighted by Gasteiger charge is -2.36. The van der Waals surface area contributed by atoms with Crippen molar-refractivity contribution in [1.82, 2.24) is 14.7 Å². The summed E-state index contributed by atoms with van der Waals surface area (Å²) in [5, 5.41) is 4.44. The Balaban J connectivity index is 1.20. The predicted molar refractivity (Wildman–Crippen MR) is 120 cm³/mol. The van der Waals surface area contributed by atoms with Crippen molar-refractivity contribution in [3.63, 3.8) is 0 Å². The van der Waals surface area contributed by atoms with E-state index < -0.39 is 0 Å². The smallest absolute Gasteiger partial charge is 0.266 e. The number of carbonyl (C=O) groups is 1. The van der Waals surface area contributed by atoms with Crippen LogP contribution in [0, 0.1) is 5.82 Å². The Morgan fingerprint density at radius 3 is 2.48 bits per heavy atom. The zero-order valence-electron chi connectivity index (χ0n) is 17.9. The van der Waals surface area contributed by atoms with Crippen molar-refractivity contribution in [2.45, 2.75) is 13.0 Å². The van der Waals surface area contributed by atoms with Gasteiger partial charge in [-0.1, -0.05) is 0 Å². The van der Waals surface area contributed by atoms with Crippen LogP contribution in [0.15, 0.2) is 59.4 Å². The van der Waals surface area contributed by atoms with Crippen LogP contribution in [0.5, 0.6) is 11.5 Å². The number of nitrogens with zero attached hydrogens (tertiary/aromatic N) is 4. The topological polar surface area (TPSA) is 76.9 Å². The SMILES string of the molecule is O=C(CCn1nc(-c2ccc3c(c2)OCO3)ccc1=O)N1CCN(c2ccc(F)cc2)CC1. The molecule has 0 spiro atoms.